The number of carbonyl (C=O) groups is 1. The van der Waals surface area contributed by atoms with Gasteiger partial charge in [0.15, 0.2) is 0 Å². The molecule has 0 spiro atoms. The second kappa shape index (κ2) is 7.81. The molecule has 0 saturated heterocycles. The lowest BCUT2D eigenvalue weighted by molar-refractivity contribution is -0.385. The second-order valence-electron chi connectivity index (χ2n) is 6.11. The summed E-state index contributed by atoms with van der Waals surface area (Å²) in [5.41, 5.74) is 0.211. The highest BCUT2D eigenvalue weighted by atomic mass is 16.6. The summed E-state index contributed by atoms with van der Waals surface area (Å²) in [6.45, 7) is -0.0000934. The van der Waals surface area contributed by atoms with Gasteiger partial charge in [-0.2, -0.15) is 0 Å². The molecule has 26 heavy (non-hydrogen) atoms. The summed E-state index contributed by atoms with van der Waals surface area (Å²) in [5.74, 6) is 0.327. The van der Waals surface area contributed by atoms with Gasteiger partial charge in [-0.05, 0) is 37.8 Å². The predicted molar refractivity (Wildman–Crippen MR) is 93.2 cm³/mol. The fourth-order valence-corrected chi connectivity index (χ4v) is 2.96. The number of nitrogens with zero attached hydrogens (tertiary/aromatic N) is 3. The van der Waals surface area contributed by atoms with Crippen molar-refractivity contribution in [2.75, 3.05) is 0 Å². The molecule has 1 aliphatic rings. The Morgan fingerprint density at radius 2 is 2.15 bits per heavy atom. The van der Waals surface area contributed by atoms with Gasteiger partial charge in [0.25, 0.3) is 11.2 Å². The number of carbonyl (C=O) groups excluding carboxylic acids is 1. The number of hydrogen-bond acceptors (Lipinski definition) is 5. The van der Waals surface area contributed by atoms with E-state index in [4.69, 9.17) is 4.42 Å². The van der Waals surface area contributed by atoms with Crippen molar-refractivity contribution >= 4 is 11.6 Å². The molecule has 0 fully saturated rings. The smallest absolute Gasteiger partial charge is 0.285 e. The molecule has 8 heteroatoms. The van der Waals surface area contributed by atoms with Gasteiger partial charge >= 0.3 is 0 Å². The molecular weight excluding hydrogens is 338 g/mol. The molecule has 8 nitrogen and oxygen atoms in total. The van der Waals surface area contributed by atoms with E-state index in [1.165, 1.54) is 6.26 Å². The topological polar surface area (TPSA) is 98.6 Å². The van der Waals surface area contributed by atoms with Crippen LogP contribution in [0.5, 0.6) is 0 Å². The van der Waals surface area contributed by atoms with Gasteiger partial charge < -0.3 is 9.32 Å². The second-order valence-corrected chi connectivity index (χ2v) is 6.11. The van der Waals surface area contributed by atoms with Gasteiger partial charge in [-0.1, -0.05) is 6.08 Å². The third-order valence-electron chi connectivity index (χ3n) is 4.29. The Kier molecular flexibility index (Phi) is 5.31. The van der Waals surface area contributed by atoms with Gasteiger partial charge in [0, 0.05) is 17.8 Å². The average molecular weight is 357 g/mol. The molecule has 0 bridgehead atoms. The molecule has 2 aromatic rings. The Hall–Kier alpha value is -3.16. The molecule has 0 saturated carbocycles. The SMILES string of the molecule is O=C(Cn1cc([N+](=O)[O-])ccc1=O)N(Cc1ccco1)C1=CCCCC1. The first kappa shape index (κ1) is 17.7. The quantitative estimate of drug-likeness (QED) is 0.585. The Morgan fingerprint density at radius 1 is 1.31 bits per heavy atom. The molecule has 0 radical (unpaired) electrons. The fraction of sp³-hybridized carbons (Fsp3) is 0.333. The van der Waals surface area contributed by atoms with Crippen LogP contribution >= 0.6 is 0 Å². The van der Waals surface area contributed by atoms with Crippen molar-refractivity contribution in [2.24, 2.45) is 0 Å². The summed E-state index contributed by atoms with van der Waals surface area (Å²) >= 11 is 0. The summed E-state index contributed by atoms with van der Waals surface area (Å²) in [7, 11) is 0. The Bertz CT molecular complexity index is 882. The van der Waals surface area contributed by atoms with E-state index in [1.807, 2.05) is 6.08 Å². The molecule has 1 aliphatic carbocycles. The maximum atomic E-state index is 12.9. The van der Waals surface area contributed by atoms with Crippen molar-refractivity contribution in [3.63, 3.8) is 0 Å². The van der Waals surface area contributed by atoms with Crippen LogP contribution in [-0.4, -0.2) is 20.3 Å². The molecule has 0 N–H and O–H groups in total. The number of furan rings is 1. The Morgan fingerprint density at radius 3 is 2.81 bits per heavy atom. The van der Waals surface area contributed by atoms with Crippen LogP contribution in [0, 0.1) is 10.1 Å². The van der Waals surface area contributed by atoms with Crippen molar-refractivity contribution in [3.05, 3.63) is 74.7 Å². The lowest BCUT2D eigenvalue weighted by atomic mass is 10.0. The molecular formula is C18H19N3O5. The number of allylic oxidation sites excluding steroid dienone is 2. The minimum Gasteiger partial charge on any atom is -0.467 e. The van der Waals surface area contributed by atoms with E-state index in [1.54, 1.807) is 17.0 Å². The number of nitro groups is 1. The Balaban J connectivity index is 1.85. The van der Waals surface area contributed by atoms with Crippen LogP contribution in [0.25, 0.3) is 0 Å². The van der Waals surface area contributed by atoms with E-state index in [0.29, 0.717) is 5.76 Å². The molecule has 2 heterocycles. The third-order valence-corrected chi connectivity index (χ3v) is 4.29. The number of hydrogen-bond donors (Lipinski definition) is 0. The van der Waals surface area contributed by atoms with Gasteiger partial charge in [0.2, 0.25) is 5.91 Å². The third kappa shape index (κ3) is 4.08. The van der Waals surface area contributed by atoms with Crippen LogP contribution in [0.4, 0.5) is 5.69 Å². The molecule has 0 unspecified atom stereocenters. The van der Waals surface area contributed by atoms with Crippen molar-refractivity contribution in [3.8, 4) is 0 Å². The molecule has 0 aliphatic heterocycles. The summed E-state index contributed by atoms with van der Waals surface area (Å²) < 4.78 is 6.42. The molecule has 0 aromatic carbocycles. The van der Waals surface area contributed by atoms with Crippen LogP contribution in [0.2, 0.25) is 0 Å². The van der Waals surface area contributed by atoms with Crippen LogP contribution in [0.15, 0.2) is 57.7 Å². The first-order valence-corrected chi connectivity index (χ1v) is 8.41. The lowest BCUT2D eigenvalue weighted by Crippen LogP contribution is -2.35. The highest BCUT2D eigenvalue weighted by Crippen LogP contribution is 2.23. The van der Waals surface area contributed by atoms with Crippen LogP contribution < -0.4 is 5.56 Å². The molecule has 3 rings (SSSR count). The zero-order chi connectivity index (χ0) is 18.5. The maximum Gasteiger partial charge on any atom is 0.285 e. The van der Waals surface area contributed by atoms with Gasteiger partial charge in [-0.25, -0.2) is 0 Å². The van der Waals surface area contributed by atoms with Crippen molar-refractivity contribution in [1.29, 1.82) is 0 Å². The zero-order valence-electron chi connectivity index (χ0n) is 14.2. The zero-order valence-corrected chi connectivity index (χ0v) is 14.2. The van der Waals surface area contributed by atoms with E-state index in [0.717, 1.165) is 54.3 Å². The van der Waals surface area contributed by atoms with Gasteiger partial charge in [0.05, 0.1) is 23.9 Å². The van der Waals surface area contributed by atoms with E-state index in [2.05, 4.69) is 0 Å². The first-order valence-electron chi connectivity index (χ1n) is 8.41. The van der Waals surface area contributed by atoms with Crippen LogP contribution in [0.1, 0.15) is 31.4 Å². The first-order chi connectivity index (χ1) is 12.5. The van der Waals surface area contributed by atoms with E-state index >= 15 is 0 Å². The van der Waals surface area contributed by atoms with Crippen molar-refractivity contribution in [1.82, 2.24) is 9.47 Å². The standard InChI is InChI=1S/C18H19N3O5/c22-17-9-8-15(21(24)25)11-19(17)13-18(23)20(12-16-7-4-10-26-16)14-5-2-1-3-6-14/h4-5,7-11H,1-3,6,12-13H2. The highest BCUT2D eigenvalue weighted by molar-refractivity contribution is 5.78. The summed E-state index contributed by atoms with van der Waals surface area (Å²) in [5, 5.41) is 10.9. The number of aromatic nitrogens is 1. The molecule has 0 atom stereocenters. The number of amides is 1. The molecule has 1 amide bonds. The predicted octanol–water partition coefficient (Wildman–Crippen LogP) is 2.84. The summed E-state index contributed by atoms with van der Waals surface area (Å²) in [4.78, 5) is 36.8. The van der Waals surface area contributed by atoms with Crippen LogP contribution in [-0.2, 0) is 17.9 Å². The normalized spacial score (nSPS) is 13.9. The molecule has 2 aromatic heterocycles. The highest BCUT2D eigenvalue weighted by Gasteiger charge is 2.22. The van der Waals surface area contributed by atoms with Gasteiger partial charge in [-0.3, -0.25) is 24.3 Å². The Labute approximate surface area is 149 Å². The van der Waals surface area contributed by atoms with Crippen molar-refractivity contribution in [2.45, 2.75) is 38.8 Å². The maximum absolute atomic E-state index is 12.9. The minimum absolute atomic E-state index is 0.230. The largest absolute Gasteiger partial charge is 0.467 e. The minimum atomic E-state index is -0.593. The lowest BCUT2D eigenvalue weighted by Gasteiger charge is -2.27. The van der Waals surface area contributed by atoms with Crippen LogP contribution in [0.3, 0.4) is 0 Å². The van der Waals surface area contributed by atoms with Crippen molar-refractivity contribution < 1.29 is 14.1 Å². The summed E-state index contributed by atoms with van der Waals surface area (Å²) in [6.07, 6.45) is 8.41. The summed E-state index contributed by atoms with van der Waals surface area (Å²) in [6, 6.07) is 5.76. The van der Waals surface area contributed by atoms with Gasteiger partial charge in [0.1, 0.15) is 12.3 Å². The van der Waals surface area contributed by atoms with E-state index in [9.17, 15) is 19.7 Å². The number of rotatable bonds is 6. The van der Waals surface area contributed by atoms with E-state index < -0.39 is 10.5 Å². The average Bonchev–Trinajstić information content (AvgIpc) is 3.15. The van der Waals surface area contributed by atoms with Gasteiger partial charge in [-0.15, -0.1) is 0 Å². The fourth-order valence-electron chi connectivity index (χ4n) is 2.96. The molecule has 136 valence electrons. The monoisotopic (exact) mass is 357 g/mol. The van der Waals surface area contributed by atoms with E-state index in [-0.39, 0.29) is 24.7 Å². The number of pyridine rings is 1.